The van der Waals surface area contributed by atoms with Crippen molar-refractivity contribution in [2.75, 3.05) is 13.1 Å². The maximum absolute atomic E-state index is 13.0. The van der Waals surface area contributed by atoms with Crippen molar-refractivity contribution in [2.24, 2.45) is 5.10 Å². The van der Waals surface area contributed by atoms with Crippen molar-refractivity contribution in [3.05, 3.63) is 39.7 Å². The van der Waals surface area contributed by atoms with Crippen LogP contribution >= 0.6 is 0 Å². The standard InChI is InChI=1S/C20H27N3O2/c1-3-4-13-23-18-15(2)9-8-10-16(18)19(24)17(20(23)25)14-21-22-11-6-5-7-12-22/h8-10,14,24H,3-7,11-13H2,1-2H3. The normalized spacial score (nSPS) is 15.4. The number of benzene rings is 1. The van der Waals surface area contributed by atoms with Crippen LogP contribution in [0, 0.1) is 6.92 Å². The number of aryl methyl sites for hydroxylation is 2. The Labute approximate surface area is 148 Å². The van der Waals surface area contributed by atoms with Gasteiger partial charge in [-0.3, -0.25) is 9.80 Å². The lowest BCUT2D eigenvalue weighted by atomic mass is 10.1. The van der Waals surface area contributed by atoms with Crippen LogP contribution in [0.2, 0.25) is 0 Å². The van der Waals surface area contributed by atoms with E-state index in [1.807, 2.05) is 30.1 Å². The highest BCUT2D eigenvalue weighted by atomic mass is 16.3. The highest BCUT2D eigenvalue weighted by Crippen LogP contribution is 2.28. The SMILES string of the molecule is CCCCn1c(=O)c(C=NN2CCCCC2)c(O)c2cccc(C)c21. The summed E-state index contributed by atoms with van der Waals surface area (Å²) in [4.78, 5) is 13.0. The summed E-state index contributed by atoms with van der Waals surface area (Å²) < 4.78 is 1.80. The zero-order chi connectivity index (χ0) is 17.8. The van der Waals surface area contributed by atoms with Gasteiger partial charge in [0, 0.05) is 25.0 Å². The van der Waals surface area contributed by atoms with Crippen LogP contribution in [0.5, 0.6) is 5.75 Å². The first kappa shape index (κ1) is 17.5. The maximum Gasteiger partial charge on any atom is 0.263 e. The van der Waals surface area contributed by atoms with Gasteiger partial charge in [-0.25, -0.2) is 0 Å². The molecule has 1 fully saturated rings. The summed E-state index contributed by atoms with van der Waals surface area (Å²) in [6, 6.07) is 5.76. The Kier molecular flexibility index (Phi) is 5.41. The number of aromatic nitrogens is 1. The molecule has 0 unspecified atom stereocenters. The van der Waals surface area contributed by atoms with Crippen molar-refractivity contribution in [3.8, 4) is 5.75 Å². The number of hydrazone groups is 1. The molecular weight excluding hydrogens is 314 g/mol. The third-order valence-corrected chi connectivity index (χ3v) is 4.91. The van der Waals surface area contributed by atoms with Crippen LogP contribution in [0.1, 0.15) is 50.2 Å². The van der Waals surface area contributed by atoms with E-state index in [0.717, 1.165) is 55.2 Å². The number of fused-ring (bicyclic) bond motifs is 1. The van der Waals surface area contributed by atoms with Crippen molar-refractivity contribution in [1.29, 1.82) is 0 Å². The smallest absolute Gasteiger partial charge is 0.263 e. The van der Waals surface area contributed by atoms with Crippen molar-refractivity contribution in [3.63, 3.8) is 0 Å². The number of piperidine rings is 1. The second-order valence-electron chi connectivity index (χ2n) is 6.80. The predicted octanol–water partition coefficient (Wildman–Crippen LogP) is 3.64. The Balaban J connectivity index is 2.11. The molecule has 0 amide bonds. The van der Waals surface area contributed by atoms with Crippen LogP contribution in [0.15, 0.2) is 28.1 Å². The van der Waals surface area contributed by atoms with Crippen LogP contribution in [0.3, 0.4) is 0 Å². The summed E-state index contributed by atoms with van der Waals surface area (Å²) >= 11 is 0. The molecule has 1 aromatic heterocycles. The molecule has 1 aromatic carbocycles. The monoisotopic (exact) mass is 341 g/mol. The Morgan fingerprint density at radius 1 is 1.24 bits per heavy atom. The molecule has 0 bridgehead atoms. The van der Waals surface area contributed by atoms with Gasteiger partial charge in [0.1, 0.15) is 11.3 Å². The minimum absolute atomic E-state index is 0.0391. The molecule has 1 saturated heterocycles. The van der Waals surface area contributed by atoms with Gasteiger partial charge in [-0.2, -0.15) is 5.10 Å². The number of hydrogen-bond donors (Lipinski definition) is 1. The second-order valence-corrected chi connectivity index (χ2v) is 6.80. The highest BCUT2D eigenvalue weighted by molar-refractivity contribution is 5.96. The third kappa shape index (κ3) is 3.55. The molecule has 1 N–H and O–H groups in total. The molecule has 0 atom stereocenters. The zero-order valence-corrected chi connectivity index (χ0v) is 15.2. The molecule has 1 aliphatic rings. The lowest BCUT2D eigenvalue weighted by molar-refractivity contribution is 0.240. The number of unbranched alkanes of at least 4 members (excludes halogenated alkanes) is 1. The summed E-state index contributed by atoms with van der Waals surface area (Å²) in [6.45, 7) is 6.56. The first-order valence-corrected chi connectivity index (χ1v) is 9.27. The van der Waals surface area contributed by atoms with Crippen LogP contribution in [0.25, 0.3) is 10.9 Å². The maximum atomic E-state index is 13.0. The summed E-state index contributed by atoms with van der Waals surface area (Å²) in [6.07, 6.45) is 6.97. The largest absolute Gasteiger partial charge is 0.506 e. The summed E-state index contributed by atoms with van der Waals surface area (Å²) in [5, 5.41) is 17.9. The van der Waals surface area contributed by atoms with Crippen LogP contribution in [-0.2, 0) is 6.54 Å². The molecule has 2 aromatic rings. The van der Waals surface area contributed by atoms with Gasteiger partial charge in [-0.15, -0.1) is 0 Å². The van der Waals surface area contributed by atoms with Crippen LogP contribution < -0.4 is 5.56 Å². The number of hydrogen-bond acceptors (Lipinski definition) is 4. The Bertz CT molecular complexity index is 833. The van der Waals surface area contributed by atoms with Gasteiger partial charge in [-0.1, -0.05) is 25.5 Å². The minimum atomic E-state index is -0.159. The Hall–Kier alpha value is -2.30. The summed E-state index contributed by atoms with van der Waals surface area (Å²) in [7, 11) is 0. The van der Waals surface area contributed by atoms with E-state index < -0.39 is 0 Å². The number of aromatic hydroxyl groups is 1. The summed E-state index contributed by atoms with van der Waals surface area (Å²) in [5.74, 6) is 0.0391. The minimum Gasteiger partial charge on any atom is -0.506 e. The molecule has 0 radical (unpaired) electrons. The summed E-state index contributed by atoms with van der Waals surface area (Å²) in [5.41, 5.74) is 1.96. The number of nitrogens with zero attached hydrogens (tertiary/aromatic N) is 3. The lowest BCUT2D eigenvalue weighted by Gasteiger charge is -2.23. The molecule has 134 valence electrons. The third-order valence-electron chi connectivity index (χ3n) is 4.91. The predicted molar refractivity (Wildman–Crippen MR) is 103 cm³/mol. The van der Waals surface area contributed by atoms with Gasteiger partial charge in [0.25, 0.3) is 5.56 Å². The van der Waals surface area contributed by atoms with E-state index in [2.05, 4.69) is 12.0 Å². The van der Waals surface area contributed by atoms with Gasteiger partial charge in [0.05, 0.1) is 11.7 Å². The lowest BCUT2D eigenvalue weighted by Crippen LogP contribution is -2.27. The number of rotatable bonds is 5. The van der Waals surface area contributed by atoms with Crippen molar-refractivity contribution in [2.45, 2.75) is 52.5 Å². The van der Waals surface area contributed by atoms with E-state index in [1.165, 1.54) is 6.42 Å². The van der Waals surface area contributed by atoms with E-state index in [0.29, 0.717) is 12.1 Å². The fraction of sp³-hybridized carbons (Fsp3) is 0.500. The topological polar surface area (TPSA) is 57.8 Å². The van der Waals surface area contributed by atoms with E-state index in [1.54, 1.807) is 10.8 Å². The van der Waals surface area contributed by atoms with Crippen LogP contribution in [0.4, 0.5) is 0 Å². The van der Waals surface area contributed by atoms with Gasteiger partial charge in [-0.05, 0) is 44.2 Å². The molecule has 5 heteroatoms. The van der Waals surface area contributed by atoms with Gasteiger partial charge in [0.15, 0.2) is 0 Å². The number of para-hydroxylation sites is 1. The van der Waals surface area contributed by atoms with Gasteiger partial charge in [0.2, 0.25) is 0 Å². The van der Waals surface area contributed by atoms with Gasteiger partial charge < -0.3 is 9.67 Å². The molecule has 0 aliphatic carbocycles. The first-order valence-electron chi connectivity index (χ1n) is 9.27. The van der Waals surface area contributed by atoms with Crippen molar-refractivity contribution in [1.82, 2.24) is 9.58 Å². The van der Waals surface area contributed by atoms with Crippen LogP contribution in [-0.4, -0.2) is 34.0 Å². The van der Waals surface area contributed by atoms with E-state index >= 15 is 0 Å². The molecule has 0 spiro atoms. The second kappa shape index (κ2) is 7.72. The fourth-order valence-electron chi connectivity index (χ4n) is 3.48. The Morgan fingerprint density at radius 3 is 2.72 bits per heavy atom. The molecule has 1 aliphatic heterocycles. The van der Waals surface area contributed by atoms with Gasteiger partial charge >= 0.3 is 0 Å². The van der Waals surface area contributed by atoms with E-state index in [-0.39, 0.29) is 11.3 Å². The first-order chi connectivity index (χ1) is 12.1. The average Bonchev–Trinajstić information content (AvgIpc) is 2.63. The molecule has 3 rings (SSSR count). The zero-order valence-electron chi connectivity index (χ0n) is 15.2. The molecule has 2 heterocycles. The Morgan fingerprint density at radius 2 is 2.00 bits per heavy atom. The van der Waals surface area contributed by atoms with Crippen molar-refractivity contribution < 1.29 is 5.11 Å². The quantitative estimate of drug-likeness (QED) is 0.845. The fourth-order valence-corrected chi connectivity index (χ4v) is 3.48. The van der Waals surface area contributed by atoms with E-state index in [9.17, 15) is 9.90 Å². The van der Waals surface area contributed by atoms with Crippen molar-refractivity contribution >= 4 is 17.1 Å². The molecule has 0 saturated carbocycles. The molecule has 5 nitrogen and oxygen atoms in total. The average molecular weight is 341 g/mol. The molecule has 25 heavy (non-hydrogen) atoms. The number of pyridine rings is 1. The highest BCUT2D eigenvalue weighted by Gasteiger charge is 2.16. The molecular formula is C20H27N3O2. The van der Waals surface area contributed by atoms with E-state index in [4.69, 9.17) is 0 Å².